The van der Waals surface area contributed by atoms with Gasteiger partial charge in [-0.3, -0.25) is 9.20 Å². The van der Waals surface area contributed by atoms with Crippen molar-refractivity contribution in [2.24, 2.45) is 0 Å². The Morgan fingerprint density at radius 1 is 1.41 bits per heavy atom. The summed E-state index contributed by atoms with van der Waals surface area (Å²) in [5.41, 5.74) is 0.676. The molecule has 0 saturated carbocycles. The third kappa shape index (κ3) is 2.99. The zero-order chi connectivity index (χ0) is 16.5. The Morgan fingerprint density at radius 3 is 2.68 bits per heavy atom. The van der Waals surface area contributed by atoms with E-state index < -0.39 is 9.84 Å². The number of pyridine rings is 1. The van der Waals surface area contributed by atoms with E-state index in [-0.39, 0.29) is 22.8 Å². The van der Waals surface area contributed by atoms with E-state index in [1.54, 1.807) is 36.3 Å². The lowest BCUT2D eigenvalue weighted by atomic mass is 10.1. The van der Waals surface area contributed by atoms with Gasteiger partial charge in [0.2, 0.25) is 15.0 Å². The molecule has 0 N–H and O–H groups in total. The Bertz CT molecular complexity index is 795. The summed E-state index contributed by atoms with van der Waals surface area (Å²) in [6, 6.07) is 5.24. The van der Waals surface area contributed by atoms with Crippen LogP contribution in [0.1, 0.15) is 37.2 Å². The Kier molecular flexibility index (Phi) is 4.55. The van der Waals surface area contributed by atoms with Crippen LogP contribution < -0.4 is 0 Å². The zero-order valence-electron chi connectivity index (χ0n) is 13.3. The fraction of sp³-hybridized carbons (Fsp3) is 0.467. The molecule has 0 saturated heterocycles. The average molecular weight is 323 g/mol. The first-order valence-corrected chi connectivity index (χ1v) is 9.10. The molecule has 6 nitrogen and oxygen atoms in total. The van der Waals surface area contributed by atoms with E-state index in [4.69, 9.17) is 0 Å². The molecule has 0 bridgehead atoms. The highest BCUT2D eigenvalue weighted by molar-refractivity contribution is 7.90. The lowest BCUT2D eigenvalue weighted by Crippen LogP contribution is -2.35. The Balaban J connectivity index is 2.55. The second kappa shape index (κ2) is 6.08. The van der Waals surface area contributed by atoms with Crippen molar-refractivity contribution in [3.63, 3.8) is 0 Å². The average Bonchev–Trinajstić information content (AvgIpc) is 2.85. The maximum atomic E-state index is 12.7. The van der Waals surface area contributed by atoms with Crippen molar-refractivity contribution < 1.29 is 13.2 Å². The molecule has 0 fully saturated rings. The molecule has 2 aromatic rings. The van der Waals surface area contributed by atoms with Gasteiger partial charge in [-0.15, -0.1) is 0 Å². The van der Waals surface area contributed by atoms with Crippen molar-refractivity contribution in [3.8, 4) is 0 Å². The molecule has 0 aliphatic heterocycles. The minimum Gasteiger partial charge on any atom is -0.338 e. The molecular formula is C15H21N3O3S. The quantitative estimate of drug-likeness (QED) is 0.843. The highest BCUT2D eigenvalue weighted by atomic mass is 32.2. The second-order valence-corrected chi connectivity index (χ2v) is 7.43. The van der Waals surface area contributed by atoms with Gasteiger partial charge in [-0.05, 0) is 25.5 Å². The van der Waals surface area contributed by atoms with Gasteiger partial charge in [0.25, 0.3) is 5.91 Å². The molecule has 0 radical (unpaired) electrons. The SMILES string of the molecule is CCC[C@@H](C)N(C)C(=O)c1nc(S(C)(=O)=O)n2ccccc12. The van der Waals surface area contributed by atoms with E-state index in [1.165, 1.54) is 4.40 Å². The number of rotatable bonds is 5. The molecule has 0 aliphatic carbocycles. The minimum absolute atomic E-state index is 0.0691. The van der Waals surface area contributed by atoms with Gasteiger partial charge >= 0.3 is 0 Å². The Morgan fingerprint density at radius 2 is 2.09 bits per heavy atom. The summed E-state index contributed by atoms with van der Waals surface area (Å²) in [6.07, 6.45) is 4.54. The lowest BCUT2D eigenvalue weighted by Gasteiger charge is -2.23. The molecule has 0 aromatic carbocycles. The van der Waals surface area contributed by atoms with Gasteiger partial charge in [0, 0.05) is 25.5 Å². The van der Waals surface area contributed by atoms with E-state index in [0.717, 1.165) is 19.1 Å². The van der Waals surface area contributed by atoms with Crippen molar-refractivity contribution in [3.05, 3.63) is 30.1 Å². The van der Waals surface area contributed by atoms with E-state index in [9.17, 15) is 13.2 Å². The van der Waals surface area contributed by atoms with Crippen molar-refractivity contribution in [2.75, 3.05) is 13.3 Å². The Hall–Kier alpha value is -1.89. The van der Waals surface area contributed by atoms with Crippen LogP contribution >= 0.6 is 0 Å². The van der Waals surface area contributed by atoms with Crippen molar-refractivity contribution in [1.82, 2.24) is 14.3 Å². The third-order valence-corrected chi connectivity index (χ3v) is 4.69. The predicted molar refractivity (Wildman–Crippen MR) is 84.8 cm³/mol. The second-order valence-electron chi connectivity index (χ2n) is 5.52. The van der Waals surface area contributed by atoms with Gasteiger partial charge in [-0.1, -0.05) is 19.4 Å². The van der Waals surface area contributed by atoms with Crippen LogP contribution in [0.15, 0.2) is 29.6 Å². The summed E-state index contributed by atoms with van der Waals surface area (Å²) in [5, 5.41) is -0.108. The van der Waals surface area contributed by atoms with E-state index in [1.807, 2.05) is 6.92 Å². The number of imidazole rings is 1. The largest absolute Gasteiger partial charge is 0.338 e. The van der Waals surface area contributed by atoms with Crippen LogP contribution in [-0.4, -0.2) is 48.0 Å². The Labute approximate surface area is 130 Å². The fourth-order valence-electron chi connectivity index (χ4n) is 2.41. The summed E-state index contributed by atoms with van der Waals surface area (Å²) >= 11 is 0. The number of hydrogen-bond donors (Lipinski definition) is 0. The normalized spacial score (nSPS) is 13.3. The standard InChI is InChI=1S/C15H21N3O3S/c1-5-8-11(2)17(3)14(19)13-12-9-6-7-10-18(12)15(16-13)22(4,20)21/h6-7,9-11H,5,8H2,1-4H3/t11-/m1/s1. The van der Waals surface area contributed by atoms with E-state index in [2.05, 4.69) is 11.9 Å². The number of amides is 1. The molecule has 7 heteroatoms. The summed E-state index contributed by atoms with van der Waals surface area (Å²) in [6.45, 7) is 4.03. The van der Waals surface area contributed by atoms with Gasteiger partial charge in [0.05, 0.1) is 5.52 Å². The fourth-order valence-corrected chi connectivity index (χ4v) is 3.18. The lowest BCUT2D eigenvalue weighted by molar-refractivity contribution is 0.0733. The molecule has 0 unspecified atom stereocenters. The predicted octanol–water partition coefficient (Wildman–Crippen LogP) is 2.00. The number of hydrogen-bond acceptors (Lipinski definition) is 4. The first kappa shape index (κ1) is 16.5. The first-order valence-electron chi connectivity index (χ1n) is 7.21. The van der Waals surface area contributed by atoms with E-state index in [0.29, 0.717) is 5.52 Å². The summed E-state index contributed by atoms with van der Waals surface area (Å²) in [5.74, 6) is -0.264. The van der Waals surface area contributed by atoms with E-state index >= 15 is 0 Å². The molecule has 2 rings (SSSR count). The molecular weight excluding hydrogens is 302 g/mol. The summed E-state index contributed by atoms with van der Waals surface area (Å²) in [7, 11) is -1.80. The molecule has 2 aromatic heterocycles. The van der Waals surface area contributed by atoms with Crippen LogP contribution in [0, 0.1) is 0 Å². The number of aromatic nitrogens is 2. The maximum Gasteiger partial charge on any atom is 0.274 e. The summed E-state index contributed by atoms with van der Waals surface area (Å²) in [4.78, 5) is 18.4. The molecule has 0 spiro atoms. The van der Waals surface area contributed by atoms with Crippen LogP contribution in [0.25, 0.3) is 5.52 Å². The number of carbonyl (C=O) groups excluding carboxylic acids is 1. The number of nitrogens with zero attached hydrogens (tertiary/aromatic N) is 3. The summed E-state index contributed by atoms with van der Waals surface area (Å²) < 4.78 is 25.2. The molecule has 1 atom stereocenters. The van der Waals surface area contributed by atoms with Crippen molar-refractivity contribution in [1.29, 1.82) is 0 Å². The number of sulfone groups is 1. The minimum atomic E-state index is -3.52. The molecule has 1 amide bonds. The van der Waals surface area contributed by atoms with Gasteiger partial charge in [0.15, 0.2) is 5.69 Å². The topological polar surface area (TPSA) is 71.8 Å². The number of carbonyl (C=O) groups is 1. The molecule has 22 heavy (non-hydrogen) atoms. The van der Waals surface area contributed by atoms with Crippen LogP contribution in [0.3, 0.4) is 0 Å². The van der Waals surface area contributed by atoms with Crippen LogP contribution in [0.5, 0.6) is 0 Å². The van der Waals surface area contributed by atoms with Gasteiger partial charge in [-0.2, -0.15) is 0 Å². The molecule has 0 aliphatic rings. The van der Waals surface area contributed by atoms with Crippen LogP contribution in [0.4, 0.5) is 0 Å². The van der Waals surface area contributed by atoms with Crippen molar-refractivity contribution in [2.45, 2.75) is 37.9 Å². The maximum absolute atomic E-state index is 12.7. The molecule has 2 heterocycles. The highest BCUT2D eigenvalue weighted by Gasteiger charge is 2.26. The highest BCUT2D eigenvalue weighted by Crippen LogP contribution is 2.19. The smallest absolute Gasteiger partial charge is 0.274 e. The monoisotopic (exact) mass is 323 g/mol. The van der Waals surface area contributed by atoms with Gasteiger partial charge in [0.1, 0.15) is 0 Å². The van der Waals surface area contributed by atoms with Crippen molar-refractivity contribution >= 4 is 21.3 Å². The van der Waals surface area contributed by atoms with Gasteiger partial charge in [-0.25, -0.2) is 13.4 Å². The third-order valence-electron chi connectivity index (χ3n) is 3.74. The molecule has 120 valence electrons. The van der Waals surface area contributed by atoms with Gasteiger partial charge < -0.3 is 4.90 Å². The zero-order valence-corrected chi connectivity index (χ0v) is 14.1. The van der Waals surface area contributed by atoms with Crippen LogP contribution in [0.2, 0.25) is 0 Å². The number of fused-ring (bicyclic) bond motifs is 1. The van der Waals surface area contributed by atoms with Crippen LogP contribution in [-0.2, 0) is 9.84 Å². The first-order chi connectivity index (χ1) is 10.3.